The molecular formula is C14H14N2O5S. The minimum absolute atomic E-state index is 0.0984. The number of fused-ring (bicyclic) bond motifs is 1. The number of hydrogen-bond donors (Lipinski definition) is 0. The Hall–Kier alpha value is -2.19. The Morgan fingerprint density at radius 2 is 2.05 bits per heavy atom. The van der Waals surface area contributed by atoms with Crippen LogP contribution in [0.3, 0.4) is 0 Å². The topological polar surface area (TPSA) is 87.5 Å². The maximum absolute atomic E-state index is 12.1. The predicted molar refractivity (Wildman–Crippen MR) is 77.2 cm³/mol. The van der Waals surface area contributed by atoms with Crippen LogP contribution in [0.2, 0.25) is 0 Å². The van der Waals surface area contributed by atoms with Gasteiger partial charge in [0.05, 0.1) is 11.4 Å². The van der Waals surface area contributed by atoms with Crippen molar-refractivity contribution in [2.45, 2.75) is 24.5 Å². The van der Waals surface area contributed by atoms with E-state index in [1.54, 1.807) is 22.9 Å². The fraction of sp³-hybridized carbons (Fsp3) is 0.286. The van der Waals surface area contributed by atoms with Crippen LogP contribution < -0.4 is 10.3 Å². The molecule has 8 heteroatoms. The Morgan fingerprint density at radius 3 is 2.77 bits per heavy atom. The van der Waals surface area contributed by atoms with Crippen molar-refractivity contribution >= 4 is 10.1 Å². The quantitative estimate of drug-likeness (QED) is 0.771. The normalized spacial score (nSPS) is 17.0. The van der Waals surface area contributed by atoms with Gasteiger partial charge < -0.3 is 4.74 Å². The van der Waals surface area contributed by atoms with Crippen LogP contribution in [0.4, 0.5) is 0 Å². The van der Waals surface area contributed by atoms with E-state index in [-0.39, 0.29) is 17.5 Å². The molecule has 0 saturated heterocycles. The summed E-state index contributed by atoms with van der Waals surface area (Å²) in [6.45, 7) is 2.11. The maximum Gasteiger partial charge on any atom is 0.300 e. The molecule has 0 bridgehead atoms. The molecular weight excluding hydrogens is 308 g/mol. The molecule has 0 aliphatic carbocycles. The molecule has 3 rings (SSSR count). The van der Waals surface area contributed by atoms with E-state index in [2.05, 4.69) is 4.98 Å². The predicted octanol–water partition coefficient (Wildman–Crippen LogP) is 0.718. The van der Waals surface area contributed by atoms with Crippen molar-refractivity contribution < 1.29 is 17.3 Å². The van der Waals surface area contributed by atoms with Gasteiger partial charge in [-0.3, -0.25) is 13.5 Å². The fourth-order valence-corrected chi connectivity index (χ4v) is 3.01. The zero-order valence-electron chi connectivity index (χ0n) is 11.8. The first-order valence-corrected chi connectivity index (χ1v) is 8.05. The molecule has 2 aromatic rings. The van der Waals surface area contributed by atoms with Crippen molar-refractivity contribution in [1.29, 1.82) is 0 Å². The largest absolute Gasteiger partial charge is 0.457 e. The van der Waals surface area contributed by atoms with Gasteiger partial charge in [0.25, 0.3) is 21.7 Å². The molecule has 1 aromatic carbocycles. The van der Waals surface area contributed by atoms with E-state index in [1.807, 2.05) is 6.92 Å². The Balaban J connectivity index is 1.66. The van der Waals surface area contributed by atoms with Crippen molar-refractivity contribution in [2.24, 2.45) is 0 Å². The van der Waals surface area contributed by atoms with Gasteiger partial charge in [0.2, 0.25) is 0 Å². The van der Waals surface area contributed by atoms with E-state index in [1.165, 1.54) is 18.2 Å². The van der Waals surface area contributed by atoms with Crippen molar-refractivity contribution in [2.75, 3.05) is 6.61 Å². The molecule has 7 nitrogen and oxygen atoms in total. The Labute approximate surface area is 127 Å². The zero-order chi connectivity index (χ0) is 15.7. The van der Waals surface area contributed by atoms with Crippen LogP contribution in [0.25, 0.3) is 0 Å². The monoisotopic (exact) mass is 322 g/mol. The second-order valence-electron chi connectivity index (χ2n) is 4.99. The number of nitrogens with zero attached hydrogens (tertiary/aromatic N) is 2. The minimum Gasteiger partial charge on any atom is -0.457 e. The van der Waals surface area contributed by atoms with Crippen LogP contribution in [0, 0.1) is 6.92 Å². The molecule has 2 heterocycles. The van der Waals surface area contributed by atoms with Crippen LogP contribution in [0.1, 0.15) is 5.56 Å². The third-order valence-electron chi connectivity index (χ3n) is 3.24. The van der Waals surface area contributed by atoms with Crippen LogP contribution in [-0.2, 0) is 20.8 Å². The smallest absolute Gasteiger partial charge is 0.300 e. The summed E-state index contributed by atoms with van der Waals surface area (Å²) in [5, 5.41) is 0. The van der Waals surface area contributed by atoms with E-state index >= 15 is 0 Å². The Morgan fingerprint density at radius 1 is 1.32 bits per heavy atom. The summed E-state index contributed by atoms with van der Waals surface area (Å²) in [6.07, 6.45) is 1.05. The van der Waals surface area contributed by atoms with Gasteiger partial charge >= 0.3 is 0 Å². The highest BCUT2D eigenvalue weighted by molar-refractivity contribution is 7.86. The molecule has 22 heavy (non-hydrogen) atoms. The molecule has 0 unspecified atom stereocenters. The van der Waals surface area contributed by atoms with E-state index in [0.717, 1.165) is 5.56 Å². The third kappa shape index (κ3) is 3.02. The maximum atomic E-state index is 12.1. The third-order valence-corrected chi connectivity index (χ3v) is 4.54. The first kappa shape index (κ1) is 14.7. The number of aromatic nitrogens is 2. The van der Waals surface area contributed by atoms with Gasteiger partial charge in [-0.05, 0) is 19.1 Å². The molecule has 116 valence electrons. The second kappa shape index (κ2) is 5.54. The molecule has 0 N–H and O–H groups in total. The van der Waals surface area contributed by atoms with Crippen LogP contribution in [-0.4, -0.2) is 30.7 Å². The van der Waals surface area contributed by atoms with E-state index in [9.17, 15) is 13.2 Å². The first-order chi connectivity index (χ1) is 10.4. The summed E-state index contributed by atoms with van der Waals surface area (Å²) in [6, 6.07) is 7.89. The molecule has 0 fully saturated rings. The fourth-order valence-electron chi connectivity index (χ4n) is 2.08. The standard InChI is InChI=1S/C14H14N2O5S/c1-10-2-4-12(5-3-10)22(18,19)20-9-11-8-16-7-6-13(17)15-14(16)21-11/h2-7,11H,8-9H2,1H3/t11-/m0/s1. The number of ether oxygens (including phenoxy) is 1. The van der Waals surface area contributed by atoms with E-state index in [0.29, 0.717) is 6.54 Å². The summed E-state index contributed by atoms with van der Waals surface area (Å²) >= 11 is 0. The second-order valence-corrected chi connectivity index (χ2v) is 6.61. The van der Waals surface area contributed by atoms with Crippen molar-refractivity contribution in [1.82, 2.24) is 9.55 Å². The van der Waals surface area contributed by atoms with Gasteiger partial charge in [-0.1, -0.05) is 17.7 Å². The van der Waals surface area contributed by atoms with Gasteiger partial charge in [0, 0.05) is 12.3 Å². The van der Waals surface area contributed by atoms with Crippen molar-refractivity contribution in [3.8, 4) is 6.01 Å². The van der Waals surface area contributed by atoms with Gasteiger partial charge in [0.1, 0.15) is 12.7 Å². The number of benzene rings is 1. The lowest BCUT2D eigenvalue weighted by Gasteiger charge is -2.10. The molecule has 0 spiro atoms. The van der Waals surface area contributed by atoms with E-state index < -0.39 is 21.8 Å². The number of rotatable bonds is 4. The average molecular weight is 322 g/mol. The first-order valence-electron chi connectivity index (χ1n) is 6.64. The van der Waals surface area contributed by atoms with Crippen LogP contribution in [0.5, 0.6) is 6.01 Å². The Kier molecular flexibility index (Phi) is 3.71. The molecule has 1 aliphatic heterocycles. The lowest BCUT2D eigenvalue weighted by Crippen LogP contribution is -2.23. The van der Waals surface area contributed by atoms with Gasteiger partial charge in [-0.25, -0.2) is 0 Å². The molecule has 0 saturated carbocycles. The van der Waals surface area contributed by atoms with Crippen LogP contribution in [0.15, 0.2) is 46.2 Å². The summed E-state index contributed by atoms with van der Waals surface area (Å²) < 4.78 is 36.2. The SMILES string of the molecule is Cc1ccc(S(=O)(=O)OC[C@@H]2Cn3ccc(=O)nc3O2)cc1. The minimum atomic E-state index is -3.83. The summed E-state index contributed by atoms with van der Waals surface area (Å²) in [5.41, 5.74) is 0.560. The lowest BCUT2D eigenvalue weighted by atomic mass is 10.2. The molecule has 1 aliphatic rings. The van der Waals surface area contributed by atoms with Crippen molar-refractivity contribution in [3.05, 3.63) is 52.4 Å². The van der Waals surface area contributed by atoms with Crippen molar-refractivity contribution in [3.63, 3.8) is 0 Å². The highest BCUT2D eigenvalue weighted by atomic mass is 32.2. The van der Waals surface area contributed by atoms with Gasteiger partial charge in [0.15, 0.2) is 0 Å². The lowest BCUT2D eigenvalue weighted by molar-refractivity contribution is 0.147. The molecule has 1 atom stereocenters. The molecule has 0 radical (unpaired) electrons. The average Bonchev–Trinajstić information content (AvgIpc) is 2.88. The van der Waals surface area contributed by atoms with Gasteiger partial charge in [-0.2, -0.15) is 13.4 Å². The van der Waals surface area contributed by atoms with Gasteiger partial charge in [-0.15, -0.1) is 0 Å². The van der Waals surface area contributed by atoms with Crippen LogP contribution >= 0.6 is 0 Å². The highest BCUT2D eigenvalue weighted by Crippen LogP contribution is 2.19. The number of hydrogen-bond acceptors (Lipinski definition) is 6. The molecule has 0 amide bonds. The summed E-state index contributed by atoms with van der Waals surface area (Å²) in [7, 11) is -3.83. The zero-order valence-corrected chi connectivity index (χ0v) is 12.6. The number of aryl methyl sites for hydroxylation is 1. The van der Waals surface area contributed by atoms with E-state index in [4.69, 9.17) is 8.92 Å². The Bertz CT molecular complexity index is 842. The summed E-state index contributed by atoms with van der Waals surface area (Å²) in [4.78, 5) is 14.9. The summed E-state index contributed by atoms with van der Waals surface area (Å²) in [5.74, 6) is 0. The molecule has 1 aromatic heterocycles. The highest BCUT2D eigenvalue weighted by Gasteiger charge is 2.26.